The van der Waals surface area contributed by atoms with Crippen molar-refractivity contribution >= 4 is 17.9 Å². The van der Waals surface area contributed by atoms with Crippen molar-refractivity contribution < 1.29 is 38.1 Å². The number of nitrogens with one attached hydrogen (secondary N) is 1. The van der Waals surface area contributed by atoms with E-state index in [-0.39, 0.29) is 37.6 Å². The first kappa shape index (κ1) is 27.9. The number of ether oxygens (including phenoxy) is 5. The summed E-state index contributed by atoms with van der Waals surface area (Å²) in [5.74, 6) is -1.40. The quantitative estimate of drug-likeness (QED) is 0.288. The topological polar surface area (TPSA) is 122 Å². The maximum Gasteiger partial charge on any atom is 0.326 e. The summed E-state index contributed by atoms with van der Waals surface area (Å²) in [6.07, 6.45) is 1.91. The molecule has 1 fully saturated rings. The van der Waals surface area contributed by atoms with Crippen LogP contribution in [-0.4, -0.2) is 55.5 Å². The van der Waals surface area contributed by atoms with E-state index in [0.29, 0.717) is 24.3 Å². The lowest BCUT2D eigenvalue weighted by Crippen LogP contribution is -2.42. The highest BCUT2D eigenvalue weighted by molar-refractivity contribution is 5.78. The minimum Gasteiger partial charge on any atom is -0.493 e. The number of carbonyl (C=O) groups is 3. The van der Waals surface area contributed by atoms with Crippen LogP contribution in [0.2, 0.25) is 0 Å². The van der Waals surface area contributed by atoms with Crippen LogP contribution in [0.25, 0.3) is 0 Å². The second-order valence-electron chi connectivity index (χ2n) is 9.10. The first-order valence-corrected chi connectivity index (χ1v) is 12.2. The van der Waals surface area contributed by atoms with Crippen LogP contribution in [0.1, 0.15) is 38.4 Å². The molecule has 0 amide bonds. The van der Waals surface area contributed by atoms with Crippen LogP contribution in [0.5, 0.6) is 11.5 Å². The zero-order valence-electron chi connectivity index (χ0n) is 21.6. The van der Waals surface area contributed by atoms with Gasteiger partial charge in [-0.05, 0) is 25.3 Å². The normalized spacial score (nSPS) is 20.2. The van der Waals surface area contributed by atoms with Gasteiger partial charge in [0.1, 0.15) is 18.3 Å². The summed E-state index contributed by atoms with van der Waals surface area (Å²) in [4.78, 5) is 41.7. The molecule has 0 radical (unpaired) electrons. The van der Waals surface area contributed by atoms with Gasteiger partial charge in [0.25, 0.3) is 0 Å². The maximum absolute atomic E-state index is 12.8. The van der Waals surface area contributed by atoms with Crippen LogP contribution in [-0.2, 0) is 41.6 Å². The number of hydrogen-bond acceptors (Lipinski definition) is 10. The monoisotopic (exact) mass is 514 g/mol. The molecule has 0 bridgehead atoms. The van der Waals surface area contributed by atoms with Crippen LogP contribution in [0.4, 0.5) is 0 Å². The van der Waals surface area contributed by atoms with Crippen LogP contribution < -0.4 is 14.8 Å². The molecule has 1 aliphatic heterocycles. The fraction of sp³-hybridized carbons (Fsp3) is 0.481. The lowest BCUT2D eigenvalue weighted by atomic mass is 9.94. The molecule has 0 saturated carbocycles. The van der Waals surface area contributed by atoms with Crippen LogP contribution >= 0.6 is 0 Å². The Hall–Kier alpha value is -3.66. The van der Waals surface area contributed by atoms with E-state index in [1.807, 2.05) is 30.3 Å². The van der Waals surface area contributed by atoms with Crippen molar-refractivity contribution in [3.05, 3.63) is 53.9 Å². The van der Waals surface area contributed by atoms with Gasteiger partial charge in [-0.1, -0.05) is 44.2 Å². The van der Waals surface area contributed by atoms with Crippen LogP contribution in [0, 0.1) is 11.8 Å². The third-order valence-corrected chi connectivity index (χ3v) is 5.82. The highest BCUT2D eigenvalue weighted by Crippen LogP contribution is 2.29. The minimum absolute atomic E-state index is 0.0732. The number of hydrogen-bond donors (Lipinski definition) is 1. The van der Waals surface area contributed by atoms with Gasteiger partial charge < -0.3 is 23.7 Å². The van der Waals surface area contributed by atoms with E-state index in [0.717, 1.165) is 5.56 Å². The Morgan fingerprint density at radius 3 is 2.62 bits per heavy atom. The first-order valence-electron chi connectivity index (χ1n) is 12.2. The molecule has 1 saturated heterocycles. The summed E-state index contributed by atoms with van der Waals surface area (Å²) in [5.41, 5.74) is 1.42. The number of aromatic nitrogens is 1. The predicted molar refractivity (Wildman–Crippen MR) is 133 cm³/mol. The predicted octanol–water partition coefficient (Wildman–Crippen LogP) is 2.82. The Kier molecular flexibility index (Phi) is 10.3. The molecule has 1 aromatic carbocycles. The van der Waals surface area contributed by atoms with Gasteiger partial charge in [0.2, 0.25) is 6.79 Å². The van der Waals surface area contributed by atoms with Gasteiger partial charge in [-0.15, -0.1) is 0 Å². The third-order valence-electron chi connectivity index (χ3n) is 5.82. The minimum atomic E-state index is -0.915. The Balaban J connectivity index is 1.67. The van der Waals surface area contributed by atoms with E-state index < -0.39 is 30.0 Å². The fourth-order valence-electron chi connectivity index (χ4n) is 3.83. The SMILES string of the molecule is COc1ccnc(CNC2COC(=O)C(Cc3ccccc3)CC(C)OC2=O)c1OCOC(=O)C(C)C. The number of esters is 3. The molecule has 2 aromatic rings. The van der Waals surface area contributed by atoms with Gasteiger partial charge in [-0.2, -0.15) is 0 Å². The highest BCUT2D eigenvalue weighted by atomic mass is 16.7. The first-order chi connectivity index (χ1) is 17.8. The van der Waals surface area contributed by atoms with E-state index in [1.165, 1.54) is 13.3 Å². The number of cyclic esters (lactones) is 2. The zero-order chi connectivity index (χ0) is 26.8. The number of rotatable bonds is 10. The summed E-state index contributed by atoms with van der Waals surface area (Å²) in [6, 6.07) is 10.3. The van der Waals surface area contributed by atoms with Gasteiger partial charge in [-0.25, -0.2) is 0 Å². The lowest BCUT2D eigenvalue weighted by Gasteiger charge is -2.19. The molecular weight excluding hydrogens is 480 g/mol. The highest BCUT2D eigenvalue weighted by Gasteiger charge is 2.32. The number of methoxy groups -OCH3 is 1. The van der Waals surface area contributed by atoms with Crippen molar-refractivity contribution in [2.24, 2.45) is 11.8 Å². The molecule has 1 N–H and O–H groups in total. The molecule has 0 aliphatic carbocycles. The average molecular weight is 515 g/mol. The van der Waals surface area contributed by atoms with E-state index in [1.54, 1.807) is 26.8 Å². The number of benzene rings is 1. The van der Waals surface area contributed by atoms with Crippen LogP contribution in [0.15, 0.2) is 42.6 Å². The van der Waals surface area contributed by atoms with Crippen LogP contribution in [0.3, 0.4) is 0 Å². The largest absolute Gasteiger partial charge is 0.493 e. The summed E-state index contributed by atoms with van der Waals surface area (Å²) in [7, 11) is 1.47. The molecule has 1 aromatic heterocycles. The van der Waals surface area contributed by atoms with Crippen molar-refractivity contribution in [2.75, 3.05) is 20.5 Å². The standard InChI is InChI=1S/C27H34N2O8/c1-17(2)25(30)36-16-35-24-21(28-11-10-23(24)33-4)14-29-22-15-34-26(31)20(12-18(3)37-27(22)32)13-19-8-6-5-7-9-19/h5-11,17-18,20,22,29H,12-16H2,1-4H3. The van der Waals surface area contributed by atoms with Gasteiger partial charge in [0.15, 0.2) is 11.5 Å². The molecule has 10 nitrogen and oxygen atoms in total. The molecule has 2 heterocycles. The number of carbonyl (C=O) groups excluding carboxylic acids is 3. The molecular formula is C27H34N2O8. The van der Waals surface area contributed by atoms with Gasteiger partial charge in [-0.3, -0.25) is 24.7 Å². The Bertz CT molecular complexity index is 1060. The van der Waals surface area contributed by atoms with Crippen molar-refractivity contribution in [1.82, 2.24) is 10.3 Å². The summed E-state index contributed by atoms with van der Waals surface area (Å²) < 4.78 is 27.2. The van der Waals surface area contributed by atoms with Crippen molar-refractivity contribution in [3.63, 3.8) is 0 Å². The van der Waals surface area contributed by atoms with E-state index in [4.69, 9.17) is 23.7 Å². The molecule has 10 heteroatoms. The smallest absolute Gasteiger partial charge is 0.326 e. The molecule has 200 valence electrons. The van der Waals surface area contributed by atoms with E-state index in [2.05, 4.69) is 10.3 Å². The summed E-state index contributed by atoms with van der Waals surface area (Å²) in [6.45, 7) is 4.76. The number of nitrogens with zero attached hydrogens (tertiary/aromatic N) is 1. The lowest BCUT2D eigenvalue weighted by molar-refractivity contribution is -0.155. The Labute approximate surface area is 216 Å². The summed E-state index contributed by atoms with van der Waals surface area (Å²) in [5, 5.41) is 3.04. The van der Waals surface area contributed by atoms with Gasteiger partial charge in [0, 0.05) is 18.8 Å². The molecule has 1 aliphatic rings. The second kappa shape index (κ2) is 13.6. The molecule has 3 unspecified atom stereocenters. The fourth-order valence-corrected chi connectivity index (χ4v) is 3.83. The molecule has 3 atom stereocenters. The zero-order valence-corrected chi connectivity index (χ0v) is 21.6. The van der Waals surface area contributed by atoms with Crippen molar-refractivity contribution in [1.29, 1.82) is 0 Å². The molecule has 3 rings (SSSR count). The molecule has 37 heavy (non-hydrogen) atoms. The third kappa shape index (κ3) is 8.18. The van der Waals surface area contributed by atoms with Crippen molar-refractivity contribution in [3.8, 4) is 11.5 Å². The molecule has 0 spiro atoms. The maximum atomic E-state index is 12.8. The van der Waals surface area contributed by atoms with Crippen molar-refractivity contribution in [2.45, 2.75) is 52.3 Å². The second-order valence-corrected chi connectivity index (χ2v) is 9.10. The average Bonchev–Trinajstić information content (AvgIpc) is 2.92. The Morgan fingerprint density at radius 2 is 1.92 bits per heavy atom. The van der Waals surface area contributed by atoms with E-state index in [9.17, 15) is 14.4 Å². The van der Waals surface area contributed by atoms with Gasteiger partial charge in [0.05, 0.1) is 25.0 Å². The number of pyridine rings is 1. The van der Waals surface area contributed by atoms with E-state index >= 15 is 0 Å². The van der Waals surface area contributed by atoms with Gasteiger partial charge >= 0.3 is 17.9 Å². The summed E-state index contributed by atoms with van der Waals surface area (Å²) >= 11 is 0. The Morgan fingerprint density at radius 1 is 1.16 bits per heavy atom.